The fraction of sp³-hybridized carbons (Fsp3) is 0.182. The first-order chi connectivity index (χ1) is 6.84. The van der Waals surface area contributed by atoms with E-state index in [2.05, 4.69) is 28.6 Å². The molecule has 1 unspecified atom stereocenters. The van der Waals surface area contributed by atoms with Gasteiger partial charge in [0.25, 0.3) is 0 Å². The van der Waals surface area contributed by atoms with Crippen molar-refractivity contribution < 1.29 is 0 Å². The predicted octanol–water partition coefficient (Wildman–Crippen LogP) is 1.87. The van der Waals surface area contributed by atoms with E-state index in [0.29, 0.717) is 5.84 Å². The predicted molar refractivity (Wildman–Crippen MR) is 59.8 cm³/mol. The van der Waals surface area contributed by atoms with Crippen LogP contribution in [0.3, 0.4) is 0 Å². The zero-order chi connectivity index (χ0) is 9.54. The lowest BCUT2D eigenvalue weighted by molar-refractivity contribution is 0.765. The van der Waals surface area contributed by atoms with Crippen LogP contribution in [0.4, 0.5) is 0 Å². The van der Waals surface area contributed by atoms with Crippen LogP contribution < -0.4 is 5.73 Å². The Hall–Kier alpha value is -1.35. The summed E-state index contributed by atoms with van der Waals surface area (Å²) in [7, 11) is 0. The van der Waals surface area contributed by atoms with Crippen LogP contribution in [0.1, 0.15) is 10.4 Å². The lowest BCUT2D eigenvalue weighted by Gasteiger charge is -2.21. The van der Waals surface area contributed by atoms with Gasteiger partial charge in [0.1, 0.15) is 5.84 Å². The van der Waals surface area contributed by atoms with Crippen LogP contribution in [0.15, 0.2) is 40.2 Å². The van der Waals surface area contributed by atoms with E-state index in [0.717, 1.165) is 11.3 Å². The Morgan fingerprint density at radius 1 is 1.50 bits per heavy atom. The third-order valence-corrected chi connectivity index (χ3v) is 3.63. The number of thiophene rings is 1. The Kier molecular flexibility index (Phi) is 1.61. The summed E-state index contributed by atoms with van der Waals surface area (Å²) in [6.45, 7) is 0. The van der Waals surface area contributed by atoms with E-state index < -0.39 is 0 Å². The molecule has 1 aliphatic carbocycles. The molecule has 70 valence electrons. The molecule has 1 aromatic heterocycles. The topological polar surface area (TPSA) is 38.4 Å². The molecule has 0 bridgehead atoms. The van der Waals surface area contributed by atoms with E-state index in [9.17, 15) is 0 Å². The molecule has 14 heavy (non-hydrogen) atoms. The average molecular weight is 202 g/mol. The summed E-state index contributed by atoms with van der Waals surface area (Å²) in [6.07, 6.45) is 7.26. The van der Waals surface area contributed by atoms with Gasteiger partial charge in [0.2, 0.25) is 0 Å². The van der Waals surface area contributed by atoms with Crippen molar-refractivity contribution in [3.8, 4) is 0 Å². The van der Waals surface area contributed by atoms with Crippen LogP contribution in [0.25, 0.3) is 0 Å². The van der Waals surface area contributed by atoms with E-state index in [1.165, 1.54) is 11.1 Å². The van der Waals surface area contributed by atoms with Gasteiger partial charge in [-0.15, -0.1) is 11.3 Å². The van der Waals surface area contributed by atoms with Gasteiger partial charge < -0.3 is 5.73 Å². The first-order valence-corrected chi connectivity index (χ1v) is 5.51. The number of nitrogens with two attached hydrogens (primary N) is 1. The van der Waals surface area contributed by atoms with Crippen LogP contribution in [0.2, 0.25) is 0 Å². The standard InChI is InChI=1S/C11H10N2S/c12-11-10-8(4-5-14-10)6-9(13-11)7-2-1-3-7/h1-5,9H,6H2,(H2,12,13). The fourth-order valence-electron chi connectivity index (χ4n) is 1.82. The highest BCUT2D eigenvalue weighted by molar-refractivity contribution is 7.12. The van der Waals surface area contributed by atoms with Gasteiger partial charge in [0, 0.05) is 6.42 Å². The number of fused-ring (bicyclic) bond motifs is 1. The number of nitrogens with zero attached hydrogens (tertiary/aromatic N) is 1. The first kappa shape index (κ1) is 8.00. The van der Waals surface area contributed by atoms with Gasteiger partial charge >= 0.3 is 0 Å². The van der Waals surface area contributed by atoms with Gasteiger partial charge in [0.05, 0.1) is 10.9 Å². The summed E-state index contributed by atoms with van der Waals surface area (Å²) >= 11 is 1.68. The highest BCUT2D eigenvalue weighted by atomic mass is 32.1. The molecule has 2 nitrogen and oxygen atoms in total. The van der Waals surface area contributed by atoms with Crippen LogP contribution in [-0.4, -0.2) is 11.9 Å². The van der Waals surface area contributed by atoms with Crippen molar-refractivity contribution in [1.82, 2.24) is 0 Å². The van der Waals surface area contributed by atoms with Gasteiger partial charge in [-0.05, 0) is 22.6 Å². The Balaban J connectivity index is 1.98. The van der Waals surface area contributed by atoms with E-state index >= 15 is 0 Å². The minimum Gasteiger partial charge on any atom is -0.383 e. The molecule has 0 fully saturated rings. The van der Waals surface area contributed by atoms with E-state index in [1.807, 2.05) is 6.08 Å². The first-order valence-electron chi connectivity index (χ1n) is 4.63. The molecule has 1 aliphatic heterocycles. The number of rotatable bonds is 1. The minimum absolute atomic E-state index is 0.252. The summed E-state index contributed by atoms with van der Waals surface area (Å²) < 4.78 is 0. The van der Waals surface area contributed by atoms with Crippen LogP contribution in [0, 0.1) is 0 Å². The third-order valence-electron chi connectivity index (χ3n) is 2.65. The van der Waals surface area contributed by atoms with Crippen molar-refractivity contribution in [3.63, 3.8) is 0 Å². The molecule has 0 saturated carbocycles. The van der Waals surface area contributed by atoms with Crippen molar-refractivity contribution in [1.29, 1.82) is 0 Å². The van der Waals surface area contributed by atoms with Crippen molar-refractivity contribution in [2.24, 2.45) is 10.7 Å². The molecular formula is C11H10N2S. The SMILES string of the molecule is NC1=NC(C2=CC=C2)Cc2ccsc21. The van der Waals surface area contributed by atoms with E-state index in [1.54, 1.807) is 11.3 Å². The fourth-order valence-corrected chi connectivity index (χ4v) is 2.67. The van der Waals surface area contributed by atoms with Crippen molar-refractivity contribution >= 4 is 17.2 Å². The monoisotopic (exact) mass is 202 g/mol. The molecule has 0 saturated heterocycles. The maximum Gasteiger partial charge on any atom is 0.136 e. The Morgan fingerprint density at radius 2 is 2.36 bits per heavy atom. The summed E-state index contributed by atoms with van der Waals surface area (Å²) in [5, 5.41) is 2.08. The van der Waals surface area contributed by atoms with Gasteiger partial charge in [-0.1, -0.05) is 18.2 Å². The summed E-state index contributed by atoms with van der Waals surface area (Å²) in [6, 6.07) is 2.40. The zero-order valence-electron chi connectivity index (χ0n) is 7.60. The largest absolute Gasteiger partial charge is 0.383 e. The number of amidine groups is 1. The van der Waals surface area contributed by atoms with Crippen molar-refractivity contribution in [2.45, 2.75) is 12.5 Å². The second-order valence-corrected chi connectivity index (χ2v) is 4.45. The molecule has 1 aromatic rings. The number of hydrogen-bond acceptors (Lipinski definition) is 3. The lowest BCUT2D eigenvalue weighted by Crippen LogP contribution is -2.26. The molecule has 2 N–H and O–H groups in total. The molecule has 0 amide bonds. The van der Waals surface area contributed by atoms with Crippen LogP contribution in [-0.2, 0) is 6.42 Å². The molecule has 2 heterocycles. The summed E-state index contributed by atoms with van der Waals surface area (Å²) in [4.78, 5) is 5.66. The smallest absolute Gasteiger partial charge is 0.136 e. The maximum atomic E-state index is 5.91. The second kappa shape index (κ2) is 2.82. The molecule has 1 atom stereocenters. The zero-order valence-corrected chi connectivity index (χ0v) is 8.42. The Bertz CT molecular complexity index is 465. The maximum absolute atomic E-state index is 5.91. The normalized spacial score (nSPS) is 23.6. The van der Waals surface area contributed by atoms with Crippen LogP contribution >= 0.6 is 11.3 Å². The highest BCUT2D eigenvalue weighted by Crippen LogP contribution is 2.28. The highest BCUT2D eigenvalue weighted by Gasteiger charge is 2.23. The number of allylic oxidation sites excluding steroid dienone is 2. The molecule has 0 aromatic carbocycles. The molecule has 3 heteroatoms. The van der Waals surface area contributed by atoms with Gasteiger partial charge in [0.15, 0.2) is 0 Å². The summed E-state index contributed by atoms with van der Waals surface area (Å²) in [5.74, 6) is 0.701. The Morgan fingerprint density at radius 3 is 3.07 bits per heavy atom. The van der Waals surface area contributed by atoms with Crippen molar-refractivity contribution in [3.05, 3.63) is 45.7 Å². The molecular weight excluding hydrogens is 192 g/mol. The van der Waals surface area contributed by atoms with Gasteiger partial charge in [-0.3, -0.25) is 4.99 Å². The minimum atomic E-state index is 0.252. The van der Waals surface area contributed by atoms with Crippen LogP contribution in [0.5, 0.6) is 0 Å². The van der Waals surface area contributed by atoms with Gasteiger partial charge in [-0.2, -0.15) is 0 Å². The molecule has 0 radical (unpaired) electrons. The number of aliphatic imine (C=N–C) groups is 1. The van der Waals surface area contributed by atoms with E-state index in [-0.39, 0.29) is 6.04 Å². The third kappa shape index (κ3) is 1.06. The van der Waals surface area contributed by atoms with E-state index in [4.69, 9.17) is 5.73 Å². The quantitative estimate of drug-likeness (QED) is 0.742. The molecule has 2 aliphatic rings. The number of hydrogen-bond donors (Lipinski definition) is 1. The Labute approximate surface area is 86.5 Å². The molecule has 0 spiro atoms. The van der Waals surface area contributed by atoms with Gasteiger partial charge in [-0.25, -0.2) is 0 Å². The lowest BCUT2D eigenvalue weighted by atomic mass is 9.93. The average Bonchev–Trinajstić information content (AvgIpc) is 2.48. The second-order valence-electron chi connectivity index (χ2n) is 3.54. The van der Waals surface area contributed by atoms with Crippen molar-refractivity contribution in [2.75, 3.05) is 0 Å². The molecule has 3 rings (SSSR count). The summed E-state index contributed by atoms with van der Waals surface area (Å²) in [5.41, 5.74) is 8.54.